The maximum Gasteiger partial charge on any atom is 0.000241 e. The minimum Gasteiger partial charge on any atom is -0.316 e. The molecule has 0 amide bonds. The van der Waals surface area contributed by atoms with Crippen LogP contribution in [0.3, 0.4) is 0 Å². The molecule has 12 heavy (non-hydrogen) atoms. The Morgan fingerprint density at radius 3 is 1.92 bits per heavy atom. The van der Waals surface area contributed by atoms with E-state index in [0.717, 1.165) is 13.1 Å². The second-order valence-corrected chi connectivity index (χ2v) is 3.69. The first-order valence-electron chi connectivity index (χ1n) is 5.33. The molecule has 0 unspecified atom stereocenters. The smallest absolute Gasteiger partial charge is 0.000241 e. The molecular formula is C11H27N. The van der Waals surface area contributed by atoms with Gasteiger partial charge in [0.25, 0.3) is 0 Å². The summed E-state index contributed by atoms with van der Waals surface area (Å²) >= 11 is 0. The van der Waals surface area contributed by atoms with Gasteiger partial charge in [-0.05, 0) is 24.8 Å². The first-order valence-corrected chi connectivity index (χ1v) is 5.33. The van der Waals surface area contributed by atoms with Crippen molar-refractivity contribution >= 4 is 0 Å². The van der Waals surface area contributed by atoms with E-state index in [1.807, 2.05) is 13.8 Å². The summed E-state index contributed by atoms with van der Waals surface area (Å²) in [6.07, 6.45) is 2.49. The van der Waals surface area contributed by atoms with Gasteiger partial charge in [-0.1, -0.05) is 41.5 Å². The lowest BCUT2D eigenvalue weighted by Gasteiger charge is -2.22. The summed E-state index contributed by atoms with van der Waals surface area (Å²) in [6.45, 7) is 15.4. The van der Waals surface area contributed by atoms with E-state index < -0.39 is 0 Å². The van der Waals surface area contributed by atoms with Crippen molar-refractivity contribution in [3.63, 3.8) is 0 Å². The van der Waals surface area contributed by atoms with Gasteiger partial charge >= 0.3 is 0 Å². The highest BCUT2D eigenvalue weighted by molar-refractivity contribution is 4.68. The molecule has 0 saturated heterocycles. The molecule has 0 bridgehead atoms. The van der Waals surface area contributed by atoms with Crippen LogP contribution in [0.2, 0.25) is 0 Å². The predicted octanol–water partition coefficient (Wildman–Crippen LogP) is 3.45. The van der Waals surface area contributed by atoms with E-state index in [4.69, 9.17) is 0 Å². The van der Waals surface area contributed by atoms with E-state index in [2.05, 4.69) is 33.0 Å². The van der Waals surface area contributed by atoms with Crippen molar-refractivity contribution < 1.29 is 0 Å². The van der Waals surface area contributed by atoms with E-state index in [1.54, 1.807) is 0 Å². The molecule has 0 aromatic rings. The van der Waals surface area contributed by atoms with Crippen LogP contribution in [0, 0.1) is 5.41 Å². The van der Waals surface area contributed by atoms with Crippen molar-refractivity contribution in [3.05, 3.63) is 0 Å². The fraction of sp³-hybridized carbons (Fsp3) is 1.00. The maximum atomic E-state index is 3.43. The van der Waals surface area contributed by atoms with Gasteiger partial charge in [0.05, 0.1) is 0 Å². The molecule has 0 atom stereocenters. The lowest BCUT2D eigenvalue weighted by atomic mass is 9.90. The fourth-order valence-electron chi connectivity index (χ4n) is 0.729. The van der Waals surface area contributed by atoms with Crippen molar-refractivity contribution in [3.8, 4) is 0 Å². The van der Waals surface area contributed by atoms with Crippen molar-refractivity contribution in [1.29, 1.82) is 0 Å². The Morgan fingerprint density at radius 1 is 1.08 bits per heavy atom. The third-order valence-corrected chi connectivity index (χ3v) is 1.99. The van der Waals surface area contributed by atoms with E-state index in [1.165, 1.54) is 12.8 Å². The molecule has 0 rings (SSSR count). The molecule has 0 aliphatic carbocycles. The Bertz CT molecular complexity index is 77.1. The van der Waals surface area contributed by atoms with Crippen LogP contribution in [0.15, 0.2) is 0 Å². The van der Waals surface area contributed by atoms with Crippen LogP contribution in [0.4, 0.5) is 0 Å². The van der Waals surface area contributed by atoms with Crippen LogP contribution in [0.1, 0.15) is 54.4 Å². The van der Waals surface area contributed by atoms with Gasteiger partial charge in [0.2, 0.25) is 0 Å². The second kappa shape index (κ2) is 9.05. The molecule has 0 radical (unpaired) electrons. The van der Waals surface area contributed by atoms with E-state index in [-0.39, 0.29) is 0 Å². The van der Waals surface area contributed by atoms with Crippen LogP contribution in [0.5, 0.6) is 0 Å². The van der Waals surface area contributed by atoms with Gasteiger partial charge in [-0.2, -0.15) is 0 Å². The fourth-order valence-corrected chi connectivity index (χ4v) is 0.729. The first-order chi connectivity index (χ1) is 5.62. The SMILES string of the molecule is CC.CCCNCC(C)(C)CC. The minimum atomic E-state index is 0.481. The zero-order valence-electron chi connectivity index (χ0n) is 9.83. The molecule has 0 fully saturated rings. The lowest BCUT2D eigenvalue weighted by Crippen LogP contribution is -2.29. The molecule has 0 saturated carbocycles. The molecule has 0 aliphatic heterocycles. The molecule has 1 nitrogen and oxygen atoms in total. The van der Waals surface area contributed by atoms with Crippen molar-refractivity contribution in [1.82, 2.24) is 5.32 Å². The quantitative estimate of drug-likeness (QED) is 0.628. The lowest BCUT2D eigenvalue weighted by molar-refractivity contribution is 0.329. The molecule has 0 aromatic carbocycles. The average Bonchev–Trinajstić information content (AvgIpc) is 2.09. The van der Waals surface area contributed by atoms with E-state index in [9.17, 15) is 0 Å². The minimum absolute atomic E-state index is 0.481. The summed E-state index contributed by atoms with van der Waals surface area (Å²) in [4.78, 5) is 0. The molecular weight excluding hydrogens is 146 g/mol. The molecule has 0 aromatic heterocycles. The molecule has 1 heteroatoms. The maximum absolute atomic E-state index is 3.43. The Balaban J connectivity index is 0. The highest BCUT2D eigenvalue weighted by atomic mass is 14.9. The number of hydrogen-bond donors (Lipinski definition) is 1. The van der Waals surface area contributed by atoms with Gasteiger partial charge in [-0.15, -0.1) is 0 Å². The van der Waals surface area contributed by atoms with Crippen LogP contribution >= 0.6 is 0 Å². The molecule has 0 aliphatic rings. The number of rotatable bonds is 5. The van der Waals surface area contributed by atoms with Crippen molar-refractivity contribution in [2.75, 3.05) is 13.1 Å². The molecule has 1 N–H and O–H groups in total. The third-order valence-electron chi connectivity index (χ3n) is 1.99. The van der Waals surface area contributed by atoms with Gasteiger partial charge in [0.15, 0.2) is 0 Å². The van der Waals surface area contributed by atoms with Gasteiger partial charge in [-0.25, -0.2) is 0 Å². The predicted molar refractivity (Wildman–Crippen MR) is 58.6 cm³/mol. The Labute approximate surface area is 78.9 Å². The zero-order valence-corrected chi connectivity index (χ0v) is 9.83. The van der Waals surface area contributed by atoms with Crippen LogP contribution in [0.25, 0.3) is 0 Å². The van der Waals surface area contributed by atoms with Gasteiger partial charge in [0, 0.05) is 6.54 Å². The van der Waals surface area contributed by atoms with Gasteiger partial charge < -0.3 is 5.32 Å². The summed E-state index contributed by atoms with van der Waals surface area (Å²) in [7, 11) is 0. The zero-order chi connectivity index (χ0) is 10.0. The van der Waals surface area contributed by atoms with E-state index >= 15 is 0 Å². The molecule has 0 heterocycles. The monoisotopic (exact) mass is 173 g/mol. The highest BCUT2D eigenvalue weighted by Crippen LogP contribution is 2.17. The topological polar surface area (TPSA) is 12.0 Å². The van der Waals surface area contributed by atoms with Crippen molar-refractivity contribution in [2.24, 2.45) is 5.41 Å². The van der Waals surface area contributed by atoms with Crippen molar-refractivity contribution in [2.45, 2.75) is 54.4 Å². The normalized spacial score (nSPS) is 10.5. The standard InChI is InChI=1S/C9H21N.C2H6/c1-5-7-10-8-9(3,4)6-2;1-2/h10H,5-8H2,1-4H3;1-2H3. The summed E-state index contributed by atoms with van der Waals surface area (Å²) in [5.41, 5.74) is 0.481. The number of hydrogen-bond acceptors (Lipinski definition) is 1. The van der Waals surface area contributed by atoms with Crippen LogP contribution in [-0.4, -0.2) is 13.1 Å². The summed E-state index contributed by atoms with van der Waals surface area (Å²) in [5.74, 6) is 0. The molecule has 76 valence electrons. The Hall–Kier alpha value is -0.0400. The Kier molecular flexibility index (Phi) is 10.9. The third kappa shape index (κ3) is 9.96. The summed E-state index contributed by atoms with van der Waals surface area (Å²) in [6, 6.07) is 0. The summed E-state index contributed by atoms with van der Waals surface area (Å²) < 4.78 is 0. The average molecular weight is 173 g/mol. The number of nitrogens with one attached hydrogen (secondary N) is 1. The van der Waals surface area contributed by atoms with Gasteiger partial charge in [0.1, 0.15) is 0 Å². The molecule has 0 spiro atoms. The van der Waals surface area contributed by atoms with E-state index in [0.29, 0.717) is 5.41 Å². The van der Waals surface area contributed by atoms with Crippen LogP contribution < -0.4 is 5.32 Å². The summed E-state index contributed by atoms with van der Waals surface area (Å²) in [5, 5.41) is 3.43. The van der Waals surface area contributed by atoms with Gasteiger partial charge in [-0.3, -0.25) is 0 Å². The highest BCUT2D eigenvalue weighted by Gasteiger charge is 2.12. The first kappa shape index (κ1) is 14.5. The largest absolute Gasteiger partial charge is 0.316 e. The van der Waals surface area contributed by atoms with Crippen LogP contribution in [-0.2, 0) is 0 Å². The Morgan fingerprint density at radius 2 is 1.58 bits per heavy atom. The second-order valence-electron chi connectivity index (χ2n) is 3.69.